The molecule has 0 aliphatic rings. The topological polar surface area (TPSA) is 41.6 Å². The number of H-pyrrole nitrogens is 1. The molecule has 0 spiro atoms. The molecule has 56 valence electrons. The van der Waals surface area contributed by atoms with Gasteiger partial charge in [-0.25, -0.2) is 4.98 Å². The van der Waals surface area contributed by atoms with Crippen LogP contribution in [-0.4, -0.2) is 15.2 Å². The molecule has 0 saturated heterocycles. The molecule has 0 saturated carbocycles. The standard InChI is InChI=1S/C7H6ClN3/c1-4-2-5(8)7-6(10-4)3-9-11-7/h2-3H,1H3,(H,9,11). The maximum Gasteiger partial charge on any atom is 0.110 e. The van der Waals surface area contributed by atoms with Gasteiger partial charge >= 0.3 is 0 Å². The SMILES string of the molecule is Cc1cc(Cl)c2[nH]ncc2n1. The van der Waals surface area contributed by atoms with Crippen molar-refractivity contribution in [3.05, 3.63) is 23.0 Å². The molecule has 2 rings (SSSR count). The van der Waals surface area contributed by atoms with Gasteiger partial charge in [-0.15, -0.1) is 0 Å². The van der Waals surface area contributed by atoms with Crippen molar-refractivity contribution in [2.75, 3.05) is 0 Å². The third kappa shape index (κ3) is 0.973. The molecular formula is C7H6ClN3. The van der Waals surface area contributed by atoms with E-state index in [2.05, 4.69) is 15.2 Å². The van der Waals surface area contributed by atoms with Crippen molar-refractivity contribution in [2.45, 2.75) is 6.92 Å². The number of aryl methyl sites for hydroxylation is 1. The molecule has 0 aliphatic carbocycles. The Kier molecular flexibility index (Phi) is 1.32. The zero-order valence-electron chi connectivity index (χ0n) is 5.93. The van der Waals surface area contributed by atoms with Crippen molar-refractivity contribution in [2.24, 2.45) is 0 Å². The fourth-order valence-electron chi connectivity index (χ4n) is 1.02. The molecule has 2 heterocycles. The Labute approximate surface area is 68.4 Å². The molecule has 0 unspecified atom stereocenters. The van der Waals surface area contributed by atoms with E-state index in [9.17, 15) is 0 Å². The molecule has 11 heavy (non-hydrogen) atoms. The number of hydrogen-bond donors (Lipinski definition) is 1. The highest BCUT2D eigenvalue weighted by Crippen LogP contribution is 2.19. The van der Waals surface area contributed by atoms with E-state index in [0.717, 1.165) is 16.7 Å². The first-order valence-corrected chi connectivity index (χ1v) is 3.61. The maximum atomic E-state index is 5.89. The zero-order valence-corrected chi connectivity index (χ0v) is 6.68. The first-order chi connectivity index (χ1) is 5.27. The first kappa shape index (κ1) is 6.61. The van der Waals surface area contributed by atoms with Gasteiger partial charge < -0.3 is 0 Å². The molecule has 0 radical (unpaired) electrons. The summed E-state index contributed by atoms with van der Waals surface area (Å²) in [6.07, 6.45) is 1.66. The summed E-state index contributed by atoms with van der Waals surface area (Å²) in [7, 11) is 0. The predicted molar refractivity (Wildman–Crippen MR) is 43.6 cm³/mol. The highest BCUT2D eigenvalue weighted by atomic mass is 35.5. The lowest BCUT2D eigenvalue weighted by molar-refractivity contribution is 1.12. The van der Waals surface area contributed by atoms with Crippen LogP contribution in [0.3, 0.4) is 0 Å². The van der Waals surface area contributed by atoms with Crippen LogP contribution in [0.1, 0.15) is 5.69 Å². The summed E-state index contributed by atoms with van der Waals surface area (Å²) >= 11 is 5.89. The quantitative estimate of drug-likeness (QED) is 0.652. The van der Waals surface area contributed by atoms with Gasteiger partial charge in [0.1, 0.15) is 11.0 Å². The minimum absolute atomic E-state index is 0.671. The van der Waals surface area contributed by atoms with E-state index in [0.29, 0.717) is 5.02 Å². The Balaban J connectivity index is 2.91. The van der Waals surface area contributed by atoms with E-state index >= 15 is 0 Å². The van der Waals surface area contributed by atoms with Crippen LogP contribution in [0.2, 0.25) is 5.02 Å². The Bertz CT molecular complexity index is 393. The van der Waals surface area contributed by atoms with Gasteiger partial charge in [-0.1, -0.05) is 11.6 Å². The summed E-state index contributed by atoms with van der Waals surface area (Å²) in [6, 6.07) is 1.81. The summed E-state index contributed by atoms with van der Waals surface area (Å²) in [4.78, 5) is 4.22. The zero-order chi connectivity index (χ0) is 7.84. The number of rotatable bonds is 0. The van der Waals surface area contributed by atoms with E-state index in [4.69, 9.17) is 11.6 Å². The Hall–Kier alpha value is -1.09. The second-order valence-electron chi connectivity index (χ2n) is 2.38. The lowest BCUT2D eigenvalue weighted by Gasteiger charge is -1.93. The molecule has 3 nitrogen and oxygen atoms in total. The van der Waals surface area contributed by atoms with E-state index in [1.807, 2.05) is 13.0 Å². The van der Waals surface area contributed by atoms with Crippen molar-refractivity contribution >= 4 is 22.6 Å². The minimum Gasteiger partial charge on any atom is -0.275 e. The van der Waals surface area contributed by atoms with Gasteiger partial charge in [-0.3, -0.25) is 5.10 Å². The number of pyridine rings is 1. The van der Waals surface area contributed by atoms with Crippen molar-refractivity contribution < 1.29 is 0 Å². The molecule has 0 aliphatic heterocycles. The lowest BCUT2D eigenvalue weighted by atomic mass is 10.3. The average Bonchev–Trinajstić information content (AvgIpc) is 2.34. The highest BCUT2D eigenvalue weighted by molar-refractivity contribution is 6.34. The van der Waals surface area contributed by atoms with Crippen LogP contribution in [0.15, 0.2) is 12.3 Å². The summed E-state index contributed by atoms with van der Waals surface area (Å²) in [6.45, 7) is 1.90. The van der Waals surface area contributed by atoms with Gasteiger partial charge in [0.15, 0.2) is 0 Å². The Morgan fingerprint density at radius 2 is 2.36 bits per heavy atom. The monoisotopic (exact) mass is 167 g/mol. The number of aromatic amines is 1. The van der Waals surface area contributed by atoms with Crippen LogP contribution in [0, 0.1) is 6.92 Å². The molecular weight excluding hydrogens is 162 g/mol. The van der Waals surface area contributed by atoms with Crippen LogP contribution in [0.4, 0.5) is 0 Å². The van der Waals surface area contributed by atoms with Crippen LogP contribution in [0.25, 0.3) is 11.0 Å². The van der Waals surface area contributed by atoms with Crippen molar-refractivity contribution in [1.29, 1.82) is 0 Å². The molecule has 0 amide bonds. The molecule has 1 N–H and O–H groups in total. The molecule has 2 aromatic heterocycles. The summed E-state index contributed by atoms with van der Waals surface area (Å²) < 4.78 is 0. The Morgan fingerprint density at radius 1 is 1.55 bits per heavy atom. The first-order valence-electron chi connectivity index (χ1n) is 3.23. The van der Waals surface area contributed by atoms with E-state index in [1.165, 1.54) is 0 Å². The van der Waals surface area contributed by atoms with Gasteiger partial charge in [-0.05, 0) is 13.0 Å². The van der Waals surface area contributed by atoms with E-state index < -0.39 is 0 Å². The van der Waals surface area contributed by atoms with Gasteiger partial charge in [0.05, 0.1) is 11.2 Å². The average molecular weight is 168 g/mol. The second kappa shape index (κ2) is 2.20. The number of nitrogens with one attached hydrogen (secondary N) is 1. The van der Waals surface area contributed by atoms with Crippen LogP contribution in [0.5, 0.6) is 0 Å². The number of hydrogen-bond acceptors (Lipinski definition) is 2. The lowest BCUT2D eigenvalue weighted by Crippen LogP contribution is -1.81. The number of aromatic nitrogens is 3. The number of nitrogens with zero attached hydrogens (tertiary/aromatic N) is 2. The fraction of sp³-hybridized carbons (Fsp3) is 0.143. The molecule has 2 aromatic rings. The molecule has 0 fully saturated rings. The molecule has 0 bridgehead atoms. The third-order valence-electron chi connectivity index (χ3n) is 1.49. The highest BCUT2D eigenvalue weighted by Gasteiger charge is 2.01. The molecule has 0 aromatic carbocycles. The maximum absolute atomic E-state index is 5.89. The second-order valence-corrected chi connectivity index (χ2v) is 2.78. The van der Waals surface area contributed by atoms with Gasteiger partial charge in [-0.2, -0.15) is 5.10 Å². The Morgan fingerprint density at radius 3 is 3.18 bits per heavy atom. The predicted octanol–water partition coefficient (Wildman–Crippen LogP) is 1.92. The van der Waals surface area contributed by atoms with E-state index in [1.54, 1.807) is 6.20 Å². The summed E-state index contributed by atoms with van der Waals surface area (Å²) in [5.74, 6) is 0. The largest absolute Gasteiger partial charge is 0.275 e. The smallest absolute Gasteiger partial charge is 0.110 e. The van der Waals surface area contributed by atoms with Crippen LogP contribution in [-0.2, 0) is 0 Å². The molecule has 0 atom stereocenters. The number of halogens is 1. The fourth-order valence-corrected chi connectivity index (χ4v) is 1.32. The molecule has 4 heteroatoms. The normalized spacial score (nSPS) is 10.7. The minimum atomic E-state index is 0.671. The van der Waals surface area contributed by atoms with E-state index in [-0.39, 0.29) is 0 Å². The third-order valence-corrected chi connectivity index (χ3v) is 1.79. The van der Waals surface area contributed by atoms with Gasteiger partial charge in [0.25, 0.3) is 0 Å². The van der Waals surface area contributed by atoms with Crippen molar-refractivity contribution in [3.8, 4) is 0 Å². The van der Waals surface area contributed by atoms with Gasteiger partial charge in [0.2, 0.25) is 0 Å². The number of fused-ring (bicyclic) bond motifs is 1. The van der Waals surface area contributed by atoms with Crippen molar-refractivity contribution in [1.82, 2.24) is 15.2 Å². The van der Waals surface area contributed by atoms with Crippen LogP contribution >= 0.6 is 11.6 Å². The van der Waals surface area contributed by atoms with Gasteiger partial charge in [0, 0.05) is 5.69 Å². The van der Waals surface area contributed by atoms with Crippen molar-refractivity contribution in [3.63, 3.8) is 0 Å². The summed E-state index contributed by atoms with van der Waals surface area (Å²) in [5, 5.41) is 7.27. The summed E-state index contributed by atoms with van der Waals surface area (Å²) in [5.41, 5.74) is 2.52. The van der Waals surface area contributed by atoms with Crippen LogP contribution < -0.4 is 0 Å².